The first kappa shape index (κ1) is 16.1. The lowest BCUT2D eigenvalue weighted by molar-refractivity contribution is -0.384. The van der Waals surface area contributed by atoms with E-state index < -0.39 is 11.0 Å². The van der Waals surface area contributed by atoms with Crippen LogP contribution in [0.1, 0.15) is 0 Å². The van der Waals surface area contributed by atoms with Crippen LogP contribution < -0.4 is 10.1 Å². The highest BCUT2D eigenvalue weighted by atomic mass is 35.5. The van der Waals surface area contributed by atoms with Gasteiger partial charge in [-0.2, -0.15) is 0 Å². The second-order valence-corrected chi connectivity index (χ2v) is 5.04. The van der Waals surface area contributed by atoms with Gasteiger partial charge in [0, 0.05) is 29.4 Å². The van der Waals surface area contributed by atoms with Crippen molar-refractivity contribution in [2.45, 2.75) is 6.10 Å². The Balaban J connectivity index is 1.77. The third kappa shape index (κ3) is 4.91. The number of nitro benzene ring substituents is 1. The maximum absolute atomic E-state index is 10.5. The molecule has 1 atom stereocenters. The van der Waals surface area contributed by atoms with Crippen molar-refractivity contribution in [3.05, 3.63) is 63.7 Å². The number of halogens is 1. The number of nitrogens with one attached hydrogen (secondary N) is 1. The SMILES string of the molecule is O=[N+]([O-])c1ccc(OCC(O)CNc2cccc(Cl)c2)cc1. The molecule has 7 heteroatoms. The van der Waals surface area contributed by atoms with Gasteiger partial charge < -0.3 is 15.2 Å². The molecule has 2 aromatic carbocycles. The molecule has 2 aromatic rings. The van der Waals surface area contributed by atoms with E-state index in [1.54, 1.807) is 12.1 Å². The average Bonchev–Trinajstić information content (AvgIpc) is 2.51. The van der Waals surface area contributed by atoms with E-state index in [1.807, 2.05) is 12.1 Å². The minimum atomic E-state index is -0.728. The molecule has 0 heterocycles. The van der Waals surface area contributed by atoms with Gasteiger partial charge in [-0.05, 0) is 30.3 Å². The maximum atomic E-state index is 10.5. The van der Waals surface area contributed by atoms with Gasteiger partial charge in [0.25, 0.3) is 5.69 Å². The summed E-state index contributed by atoms with van der Waals surface area (Å²) in [5.41, 5.74) is 0.803. The van der Waals surface area contributed by atoms with E-state index in [4.69, 9.17) is 16.3 Å². The first-order chi connectivity index (χ1) is 10.5. The molecule has 2 N–H and O–H groups in total. The van der Waals surface area contributed by atoms with Gasteiger partial charge in [0.2, 0.25) is 0 Å². The Morgan fingerprint density at radius 2 is 2.00 bits per heavy atom. The summed E-state index contributed by atoms with van der Waals surface area (Å²) < 4.78 is 5.38. The predicted octanol–water partition coefficient (Wildman–Crippen LogP) is 3.10. The summed E-state index contributed by atoms with van der Waals surface area (Å²) in [5, 5.41) is 24.0. The van der Waals surface area contributed by atoms with E-state index in [-0.39, 0.29) is 12.3 Å². The van der Waals surface area contributed by atoms with Gasteiger partial charge in [-0.1, -0.05) is 17.7 Å². The molecule has 0 aliphatic heterocycles. The first-order valence-corrected chi connectivity index (χ1v) is 6.97. The highest BCUT2D eigenvalue weighted by molar-refractivity contribution is 6.30. The Morgan fingerprint density at radius 3 is 2.64 bits per heavy atom. The van der Waals surface area contributed by atoms with Crippen molar-refractivity contribution in [3.63, 3.8) is 0 Å². The zero-order valence-electron chi connectivity index (χ0n) is 11.6. The van der Waals surface area contributed by atoms with Crippen LogP contribution in [0.15, 0.2) is 48.5 Å². The van der Waals surface area contributed by atoms with E-state index in [9.17, 15) is 15.2 Å². The number of hydrogen-bond donors (Lipinski definition) is 2. The van der Waals surface area contributed by atoms with Crippen LogP contribution >= 0.6 is 11.6 Å². The van der Waals surface area contributed by atoms with Crippen LogP contribution in [-0.4, -0.2) is 29.3 Å². The summed E-state index contributed by atoms with van der Waals surface area (Å²) in [6.45, 7) is 0.374. The lowest BCUT2D eigenvalue weighted by atomic mass is 10.3. The largest absolute Gasteiger partial charge is 0.491 e. The fourth-order valence-electron chi connectivity index (χ4n) is 1.75. The summed E-state index contributed by atoms with van der Waals surface area (Å²) in [7, 11) is 0. The first-order valence-electron chi connectivity index (χ1n) is 6.59. The molecule has 0 aromatic heterocycles. The van der Waals surface area contributed by atoms with E-state index in [0.717, 1.165) is 5.69 Å². The smallest absolute Gasteiger partial charge is 0.269 e. The van der Waals surface area contributed by atoms with E-state index >= 15 is 0 Å². The van der Waals surface area contributed by atoms with Crippen molar-refractivity contribution < 1.29 is 14.8 Å². The molecule has 2 rings (SSSR count). The number of aliphatic hydroxyl groups excluding tert-OH is 1. The van der Waals surface area contributed by atoms with Gasteiger partial charge >= 0.3 is 0 Å². The Bertz CT molecular complexity index is 634. The van der Waals surface area contributed by atoms with Crippen LogP contribution in [0.3, 0.4) is 0 Å². The van der Waals surface area contributed by atoms with Gasteiger partial charge in [0.1, 0.15) is 18.5 Å². The average molecular weight is 323 g/mol. The second kappa shape index (κ2) is 7.63. The monoisotopic (exact) mass is 322 g/mol. The third-order valence-electron chi connectivity index (χ3n) is 2.86. The quantitative estimate of drug-likeness (QED) is 0.604. The van der Waals surface area contributed by atoms with Crippen molar-refractivity contribution in [2.24, 2.45) is 0 Å². The Hall–Kier alpha value is -2.31. The van der Waals surface area contributed by atoms with E-state index in [1.165, 1.54) is 24.3 Å². The van der Waals surface area contributed by atoms with Crippen molar-refractivity contribution in [1.82, 2.24) is 0 Å². The lowest BCUT2D eigenvalue weighted by Gasteiger charge is -2.14. The molecule has 0 spiro atoms. The molecule has 116 valence electrons. The normalized spacial score (nSPS) is 11.7. The van der Waals surface area contributed by atoms with Crippen LogP contribution in [0.4, 0.5) is 11.4 Å². The number of benzene rings is 2. The molecule has 0 radical (unpaired) electrons. The molecule has 0 fully saturated rings. The Labute approximate surface area is 132 Å². The highest BCUT2D eigenvalue weighted by Crippen LogP contribution is 2.18. The Morgan fingerprint density at radius 1 is 1.27 bits per heavy atom. The fourth-order valence-corrected chi connectivity index (χ4v) is 1.94. The molecular formula is C15H15ClN2O4. The van der Waals surface area contributed by atoms with E-state index in [0.29, 0.717) is 17.3 Å². The van der Waals surface area contributed by atoms with Crippen LogP contribution in [0, 0.1) is 10.1 Å². The standard InChI is InChI=1S/C15H15ClN2O4/c16-11-2-1-3-12(8-11)17-9-14(19)10-22-15-6-4-13(5-7-15)18(20)21/h1-8,14,17,19H,9-10H2. The number of anilines is 1. The zero-order chi connectivity index (χ0) is 15.9. The highest BCUT2D eigenvalue weighted by Gasteiger charge is 2.08. The van der Waals surface area contributed by atoms with Gasteiger partial charge in [0.15, 0.2) is 0 Å². The van der Waals surface area contributed by atoms with Crippen LogP contribution in [0.5, 0.6) is 5.75 Å². The molecule has 6 nitrogen and oxygen atoms in total. The number of hydrogen-bond acceptors (Lipinski definition) is 5. The number of nitro groups is 1. The predicted molar refractivity (Wildman–Crippen MR) is 84.5 cm³/mol. The minimum Gasteiger partial charge on any atom is -0.491 e. The Kier molecular flexibility index (Phi) is 5.57. The van der Waals surface area contributed by atoms with Crippen LogP contribution in [0.25, 0.3) is 0 Å². The number of aliphatic hydroxyl groups is 1. The van der Waals surface area contributed by atoms with Crippen molar-refractivity contribution in [3.8, 4) is 5.75 Å². The molecule has 0 saturated heterocycles. The van der Waals surface area contributed by atoms with Gasteiger partial charge in [0.05, 0.1) is 4.92 Å². The van der Waals surface area contributed by atoms with Crippen molar-refractivity contribution >= 4 is 23.0 Å². The molecule has 0 bridgehead atoms. The number of non-ortho nitro benzene ring substituents is 1. The summed E-state index contributed by atoms with van der Waals surface area (Å²) in [6.07, 6.45) is -0.728. The van der Waals surface area contributed by atoms with Crippen molar-refractivity contribution in [2.75, 3.05) is 18.5 Å². The number of ether oxygens (including phenoxy) is 1. The third-order valence-corrected chi connectivity index (χ3v) is 3.09. The molecule has 0 saturated carbocycles. The topological polar surface area (TPSA) is 84.6 Å². The lowest BCUT2D eigenvalue weighted by Crippen LogP contribution is -2.26. The summed E-state index contributed by atoms with van der Waals surface area (Å²) in [5.74, 6) is 0.465. The molecule has 1 unspecified atom stereocenters. The molecule has 0 amide bonds. The minimum absolute atomic E-state index is 0.00415. The molecule has 22 heavy (non-hydrogen) atoms. The maximum Gasteiger partial charge on any atom is 0.269 e. The molecule has 0 aliphatic rings. The fraction of sp³-hybridized carbons (Fsp3) is 0.200. The van der Waals surface area contributed by atoms with Crippen molar-refractivity contribution in [1.29, 1.82) is 0 Å². The van der Waals surface area contributed by atoms with Gasteiger partial charge in [-0.25, -0.2) is 0 Å². The number of nitrogens with zero attached hydrogens (tertiary/aromatic N) is 1. The second-order valence-electron chi connectivity index (χ2n) is 4.61. The van der Waals surface area contributed by atoms with E-state index in [2.05, 4.69) is 5.32 Å². The van der Waals surface area contributed by atoms with Crippen LogP contribution in [-0.2, 0) is 0 Å². The van der Waals surface area contributed by atoms with Gasteiger partial charge in [-0.3, -0.25) is 10.1 Å². The molecular weight excluding hydrogens is 308 g/mol. The summed E-state index contributed by atoms with van der Waals surface area (Å²) in [6, 6.07) is 12.9. The summed E-state index contributed by atoms with van der Waals surface area (Å²) in [4.78, 5) is 10.1. The zero-order valence-corrected chi connectivity index (χ0v) is 12.4. The van der Waals surface area contributed by atoms with Gasteiger partial charge in [-0.15, -0.1) is 0 Å². The molecule has 0 aliphatic carbocycles. The number of rotatable bonds is 7. The summed E-state index contributed by atoms with van der Waals surface area (Å²) >= 11 is 5.86. The van der Waals surface area contributed by atoms with Crippen LogP contribution in [0.2, 0.25) is 5.02 Å².